The van der Waals surface area contributed by atoms with E-state index in [1.807, 2.05) is 0 Å². The molecule has 0 saturated carbocycles. The summed E-state index contributed by atoms with van der Waals surface area (Å²) < 4.78 is 1.56. The summed E-state index contributed by atoms with van der Waals surface area (Å²) in [6.07, 6.45) is 3.96. The summed E-state index contributed by atoms with van der Waals surface area (Å²) in [5.74, 6) is 0. The van der Waals surface area contributed by atoms with E-state index in [1.54, 1.807) is 23.9 Å². The minimum absolute atomic E-state index is 0.0149. The highest BCUT2D eigenvalue weighted by Gasteiger charge is 2.21. The quantitative estimate of drug-likeness (QED) is 0.655. The molecule has 2 rings (SSSR count). The minimum Gasteiger partial charge on any atom is -0.388 e. The minimum atomic E-state index is -0.707. The van der Waals surface area contributed by atoms with E-state index in [4.69, 9.17) is 0 Å². The van der Waals surface area contributed by atoms with Gasteiger partial charge < -0.3 is 5.11 Å². The molecule has 0 aliphatic rings. The van der Waals surface area contributed by atoms with Gasteiger partial charge in [0.1, 0.15) is 0 Å². The second-order valence-electron chi connectivity index (χ2n) is 3.24. The Morgan fingerprint density at radius 3 is 2.94 bits per heavy atom. The van der Waals surface area contributed by atoms with E-state index in [0.29, 0.717) is 9.88 Å². The van der Waals surface area contributed by atoms with Gasteiger partial charge >= 0.3 is 5.69 Å². The van der Waals surface area contributed by atoms with Crippen LogP contribution < -0.4 is 0 Å². The first-order chi connectivity index (χ1) is 7.59. The van der Waals surface area contributed by atoms with Gasteiger partial charge in [-0.2, -0.15) is 0 Å². The van der Waals surface area contributed by atoms with Crippen molar-refractivity contribution >= 4 is 17.0 Å². The van der Waals surface area contributed by atoms with Gasteiger partial charge in [0.05, 0.1) is 17.4 Å². The van der Waals surface area contributed by atoms with E-state index in [-0.39, 0.29) is 5.69 Å². The van der Waals surface area contributed by atoms with Crippen LogP contribution in [0.4, 0.5) is 5.69 Å². The molecule has 0 aliphatic carbocycles. The van der Waals surface area contributed by atoms with E-state index in [9.17, 15) is 15.2 Å². The van der Waals surface area contributed by atoms with Crippen molar-refractivity contribution in [3.63, 3.8) is 0 Å². The van der Waals surface area contributed by atoms with E-state index in [2.05, 4.69) is 4.98 Å². The molecule has 0 saturated heterocycles. The Bertz CT molecular complexity index is 504. The van der Waals surface area contributed by atoms with Crippen molar-refractivity contribution in [1.82, 2.24) is 9.55 Å². The molecule has 2 aromatic heterocycles. The van der Waals surface area contributed by atoms with E-state index in [1.165, 1.54) is 23.7 Å². The molecule has 0 radical (unpaired) electrons. The zero-order valence-corrected chi connectivity index (χ0v) is 9.22. The lowest BCUT2D eigenvalue weighted by Crippen LogP contribution is -1.93. The smallest absolute Gasteiger partial charge is 0.304 e. The van der Waals surface area contributed by atoms with Crippen molar-refractivity contribution in [2.75, 3.05) is 0 Å². The third kappa shape index (κ3) is 1.82. The molecule has 7 heteroatoms. The number of hydrogen-bond acceptors (Lipinski definition) is 5. The monoisotopic (exact) mass is 239 g/mol. The maximum atomic E-state index is 10.8. The topological polar surface area (TPSA) is 81.2 Å². The zero-order valence-electron chi connectivity index (χ0n) is 8.40. The molecule has 0 bridgehead atoms. The fourth-order valence-electron chi connectivity index (χ4n) is 1.29. The summed E-state index contributed by atoms with van der Waals surface area (Å²) in [5.41, 5.74) is -0.0149. The van der Waals surface area contributed by atoms with Crippen LogP contribution in [0.2, 0.25) is 0 Å². The number of aliphatic hydroxyl groups excluding tert-OH is 1. The lowest BCUT2D eigenvalue weighted by atomic mass is 10.3. The average molecular weight is 239 g/mol. The number of aliphatic hydroxyl groups is 1. The maximum absolute atomic E-state index is 10.8. The van der Waals surface area contributed by atoms with Crippen molar-refractivity contribution < 1.29 is 10.0 Å². The third-order valence-corrected chi connectivity index (χ3v) is 3.37. The molecule has 1 atom stereocenters. The summed E-state index contributed by atoms with van der Waals surface area (Å²) in [6, 6.07) is 1.39. The first-order valence-corrected chi connectivity index (χ1v) is 5.35. The highest BCUT2D eigenvalue weighted by atomic mass is 32.1. The Labute approximate surface area is 94.9 Å². The fourth-order valence-corrected chi connectivity index (χ4v) is 2.31. The number of rotatable bonds is 3. The molecule has 0 aromatic carbocycles. The van der Waals surface area contributed by atoms with Crippen LogP contribution in [0, 0.1) is 10.1 Å². The average Bonchev–Trinajstić information content (AvgIpc) is 2.86. The number of hydrogen-bond donors (Lipinski definition) is 1. The number of aromatic nitrogens is 2. The van der Waals surface area contributed by atoms with E-state index < -0.39 is 11.0 Å². The van der Waals surface area contributed by atoms with Crippen molar-refractivity contribution in [3.05, 3.63) is 39.8 Å². The first kappa shape index (κ1) is 10.8. The van der Waals surface area contributed by atoms with Crippen LogP contribution in [0.25, 0.3) is 5.00 Å². The molecule has 1 unspecified atom stereocenters. The van der Waals surface area contributed by atoms with E-state index >= 15 is 0 Å². The summed E-state index contributed by atoms with van der Waals surface area (Å²) >= 11 is 1.18. The normalized spacial score (nSPS) is 12.6. The lowest BCUT2D eigenvalue weighted by Gasteiger charge is -1.97. The molecule has 0 spiro atoms. The number of nitro groups is 1. The summed E-state index contributed by atoms with van der Waals surface area (Å²) in [5, 5.41) is 20.7. The second-order valence-corrected chi connectivity index (χ2v) is 4.30. The summed E-state index contributed by atoms with van der Waals surface area (Å²) in [6.45, 7) is 1.58. The Hall–Kier alpha value is -1.73. The Morgan fingerprint density at radius 2 is 2.44 bits per heavy atom. The van der Waals surface area contributed by atoms with Crippen LogP contribution in [-0.2, 0) is 0 Å². The van der Waals surface area contributed by atoms with Crippen LogP contribution in [-0.4, -0.2) is 19.6 Å². The van der Waals surface area contributed by atoms with Crippen molar-refractivity contribution in [3.8, 4) is 5.00 Å². The van der Waals surface area contributed by atoms with Gasteiger partial charge in [-0.3, -0.25) is 14.7 Å². The van der Waals surface area contributed by atoms with Crippen molar-refractivity contribution in [2.24, 2.45) is 0 Å². The molecule has 84 valence electrons. The molecule has 2 heterocycles. The standard InChI is InChI=1S/C9H9N3O3S/c1-6(13)8-4-7(12(14)15)9(16-8)11-3-2-10-5-11/h2-6,13H,1H3. The maximum Gasteiger partial charge on any atom is 0.304 e. The van der Waals surface area contributed by atoms with Gasteiger partial charge in [-0.1, -0.05) is 0 Å². The predicted molar refractivity (Wildman–Crippen MR) is 58.7 cm³/mol. The van der Waals surface area contributed by atoms with E-state index in [0.717, 1.165) is 0 Å². The molecule has 2 aromatic rings. The summed E-state index contributed by atoms with van der Waals surface area (Å²) in [7, 11) is 0. The van der Waals surface area contributed by atoms with Gasteiger partial charge in [0.15, 0.2) is 5.00 Å². The fraction of sp³-hybridized carbons (Fsp3) is 0.222. The van der Waals surface area contributed by atoms with Gasteiger partial charge in [-0.25, -0.2) is 4.98 Å². The van der Waals surface area contributed by atoms with Crippen molar-refractivity contribution in [1.29, 1.82) is 0 Å². The number of imidazole rings is 1. The molecule has 0 aliphatic heterocycles. The third-order valence-electron chi connectivity index (χ3n) is 2.06. The Balaban J connectivity index is 2.55. The Morgan fingerprint density at radius 1 is 1.69 bits per heavy atom. The van der Waals surface area contributed by atoms with Crippen molar-refractivity contribution in [2.45, 2.75) is 13.0 Å². The Kier molecular flexibility index (Phi) is 2.71. The molecule has 6 nitrogen and oxygen atoms in total. The molecule has 0 fully saturated rings. The number of nitrogens with zero attached hydrogens (tertiary/aromatic N) is 3. The van der Waals surface area contributed by atoms with Gasteiger partial charge in [-0.05, 0) is 6.92 Å². The molecular formula is C9H9N3O3S. The largest absolute Gasteiger partial charge is 0.388 e. The van der Waals surface area contributed by atoms with Crippen LogP contribution >= 0.6 is 11.3 Å². The highest BCUT2D eigenvalue weighted by Crippen LogP contribution is 2.35. The number of thiophene rings is 1. The van der Waals surface area contributed by atoms with Crippen LogP contribution in [0.5, 0.6) is 0 Å². The van der Waals surface area contributed by atoms with Crippen LogP contribution in [0.15, 0.2) is 24.8 Å². The predicted octanol–water partition coefficient (Wildman–Crippen LogP) is 1.90. The molecule has 0 amide bonds. The van der Waals surface area contributed by atoms with Gasteiger partial charge in [-0.15, -0.1) is 11.3 Å². The molecule has 16 heavy (non-hydrogen) atoms. The first-order valence-electron chi connectivity index (χ1n) is 4.54. The van der Waals surface area contributed by atoms with Gasteiger partial charge in [0.2, 0.25) is 0 Å². The van der Waals surface area contributed by atoms with Crippen LogP contribution in [0.1, 0.15) is 17.9 Å². The highest BCUT2D eigenvalue weighted by molar-refractivity contribution is 7.15. The van der Waals surface area contributed by atoms with Gasteiger partial charge in [0, 0.05) is 23.3 Å². The lowest BCUT2D eigenvalue weighted by molar-refractivity contribution is -0.384. The van der Waals surface area contributed by atoms with Crippen LogP contribution in [0.3, 0.4) is 0 Å². The molecule has 1 N–H and O–H groups in total. The zero-order chi connectivity index (χ0) is 11.7. The second kappa shape index (κ2) is 4.03. The SMILES string of the molecule is CC(O)c1cc([N+](=O)[O-])c(-n2ccnc2)s1. The molecular weight excluding hydrogens is 230 g/mol. The van der Waals surface area contributed by atoms with Gasteiger partial charge in [0.25, 0.3) is 0 Å². The summed E-state index contributed by atoms with van der Waals surface area (Å²) in [4.78, 5) is 14.8.